The van der Waals surface area contributed by atoms with Crippen LogP contribution in [0.2, 0.25) is 0 Å². The Labute approximate surface area is 124 Å². The Morgan fingerprint density at radius 3 is 2.50 bits per heavy atom. The van der Waals surface area contributed by atoms with Crippen molar-refractivity contribution in [1.29, 1.82) is 0 Å². The third kappa shape index (κ3) is 3.83. The molecule has 1 aromatic rings. The van der Waals surface area contributed by atoms with Crippen molar-refractivity contribution in [3.63, 3.8) is 0 Å². The monoisotopic (exact) mass is 274 g/mol. The SMILES string of the molecule is CCC(CN)(Cc1ccccc1)NC1CCC(C)(C)C1. The van der Waals surface area contributed by atoms with E-state index in [2.05, 4.69) is 56.4 Å². The predicted octanol–water partition coefficient (Wildman–Crippen LogP) is 3.50. The molecule has 2 nitrogen and oxygen atoms in total. The predicted molar refractivity (Wildman–Crippen MR) is 86.8 cm³/mol. The molecule has 0 spiro atoms. The van der Waals surface area contributed by atoms with Gasteiger partial charge in [0.1, 0.15) is 0 Å². The summed E-state index contributed by atoms with van der Waals surface area (Å²) in [6.07, 6.45) is 5.97. The lowest BCUT2D eigenvalue weighted by molar-refractivity contribution is 0.266. The van der Waals surface area contributed by atoms with Gasteiger partial charge in [-0.25, -0.2) is 0 Å². The van der Waals surface area contributed by atoms with Crippen LogP contribution in [0.15, 0.2) is 30.3 Å². The van der Waals surface area contributed by atoms with Crippen molar-refractivity contribution in [2.24, 2.45) is 11.1 Å². The fraction of sp³-hybridized carbons (Fsp3) is 0.667. The van der Waals surface area contributed by atoms with Gasteiger partial charge in [-0.05, 0) is 43.1 Å². The lowest BCUT2D eigenvalue weighted by Gasteiger charge is -2.36. The lowest BCUT2D eigenvalue weighted by atomic mass is 9.86. The molecule has 1 saturated carbocycles. The lowest BCUT2D eigenvalue weighted by Crippen LogP contribution is -2.56. The average molecular weight is 274 g/mol. The first-order chi connectivity index (χ1) is 9.49. The van der Waals surface area contributed by atoms with Crippen molar-refractivity contribution in [1.82, 2.24) is 5.32 Å². The van der Waals surface area contributed by atoms with Gasteiger partial charge >= 0.3 is 0 Å². The van der Waals surface area contributed by atoms with Gasteiger partial charge in [-0.1, -0.05) is 51.1 Å². The first-order valence-corrected chi connectivity index (χ1v) is 8.00. The second-order valence-corrected chi connectivity index (χ2v) is 7.25. The molecule has 0 radical (unpaired) electrons. The first-order valence-electron chi connectivity index (χ1n) is 8.00. The minimum atomic E-state index is 0.0481. The van der Waals surface area contributed by atoms with Gasteiger partial charge in [-0.15, -0.1) is 0 Å². The van der Waals surface area contributed by atoms with E-state index in [0.29, 0.717) is 18.0 Å². The Morgan fingerprint density at radius 2 is 2.00 bits per heavy atom. The molecule has 0 saturated heterocycles. The van der Waals surface area contributed by atoms with E-state index >= 15 is 0 Å². The molecule has 3 N–H and O–H groups in total. The van der Waals surface area contributed by atoms with Crippen molar-refractivity contribution >= 4 is 0 Å². The van der Waals surface area contributed by atoms with Gasteiger partial charge in [0.05, 0.1) is 0 Å². The number of hydrogen-bond acceptors (Lipinski definition) is 2. The molecule has 1 aliphatic carbocycles. The van der Waals surface area contributed by atoms with Crippen LogP contribution < -0.4 is 11.1 Å². The Bertz CT molecular complexity index is 407. The van der Waals surface area contributed by atoms with E-state index in [1.54, 1.807) is 0 Å². The maximum atomic E-state index is 6.15. The van der Waals surface area contributed by atoms with E-state index in [1.807, 2.05) is 0 Å². The summed E-state index contributed by atoms with van der Waals surface area (Å²) in [5, 5.41) is 3.91. The van der Waals surface area contributed by atoms with Gasteiger partial charge in [0.15, 0.2) is 0 Å². The largest absolute Gasteiger partial charge is 0.329 e. The van der Waals surface area contributed by atoms with Gasteiger partial charge in [0.25, 0.3) is 0 Å². The fourth-order valence-electron chi connectivity index (χ4n) is 3.53. The van der Waals surface area contributed by atoms with Crippen LogP contribution in [-0.4, -0.2) is 18.1 Å². The highest BCUT2D eigenvalue weighted by Crippen LogP contribution is 2.38. The van der Waals surface area contributed by atoms with Crippen LogP contribution in [0.25, 0.3) is 0 Å². The van der Waals surface area contributed by atoms with E-state index in [4.69, 9.17) is 5.73 Å². The Hall–Kier alpha value is -0.860. The van der Waals surface area contributed by atoms with Crippen LogP contribution in [0.1, 0.15) is 52.0 Å². The van der Waals surface area contributed by atoms with Crippen LogP contribution in [0.4, 0.5) is 0 Å². The molecule has 1 aromatic carbocycles. The summed E-state index contributed by atoms with van der Waals surface area (Å²) in [6, 6.07) is 11.3. The molecule has 20 heavy (non-hydrogen) atoms. The van der Waals surface area contributed by atoms with Crippen molar-refractivity contribution in [2.45, 2.75) is 64.5 Å². The van der Waals surface area contributed by atoms with Gasteiger partial charge in [-0.3, -0.25) is 0 Å². The molecule has 2 atom stereocenters. The Kier molecular flexibility index (Phi) is 4.87. The standard InChI is InChI=1S/C18H30N2/c1-4-18(14-19,12-15-8-6-5-7-9-15)20-16-10-11-17(2,3)13-16/h5-9,16,20H,4,10-14,19H2,1-3H3. The molecular formula is C18H30N2. The van der Waals surface area contributed by atoms with E-state index in [-0.39, 0.29) is 5.54 Å². The summed E-state index contributed by atoms with van der Waals surface area (Å²) in [4.78, 5) is 0. The highest BCUT2D eigenvalue weighted by atomic mass is 15.0. The molecule has 0 aliphatic heterocycles. The van der Waals surface area contributed by atoms with Gasteiger partial charge in [-0.2, -0.15) is 0 Å². The summed E-state index contributed by atoms with van der Waals surface area (Å²) < 4.78 is 0. The highest BCUT2D eigenvalue weighted by molar-refractivity contribution is 5.18. The molecule has 1 aliphatic rings. The zero-order chi connectivity index (χ0) is 14.6. The molecule has 0 bridgehead atoms. The van der Waals surface area contributed by atoms with Crippen LogP contribution >= 0.6 is 0 Å². The van der Waals surface area contributed by atoms with E-state index in [1.165, 1.54) is 24.8 Å². The Morgan fingerprint density at radius 1 is 1.30 bits per heavy atom. The number of nitrogens with two attached hydrogens (primary N) is 1. The summed E-state index contributed by atoms with van der Waals surface area (Å²) in [5.74, 6) is 0. The maximum absolute atomic E-state index is 6.15. The molecule has 2 rings (SSSR count). The second kappa shape index (κ2) is 6.28. The van der Waals surface area contributed by atoms with Crippen molar-refractivity contribution in [2.75, 3.05) is 6.54 Å². The number of benzene rings is 1. The van der Waals surface area contributed by atoms with Crippen LogP contribution in [0, 0.1) is 5.41 Å². The van der Waals surface area contributed by atoms with Crippen molar-refractivity contribution in [3.05, 3.63) is 35.9 Å². The van der Waals surface area contributed by atoms with Crippen LogP contribution in [0.3, 0.4) is 0 Å². The molecule has 0 aromatic heterocycles. The smallest absolute Gasteiger partial charge is 0.0344 e. The molecule has 0 amide bonds. The van der Waals surface area contributed by atoms with E-state index in [9.17, 15) is 0 Å². The second-order valence-electron chi connectivity index (χ2n) is 7.25. The topological polar surface area (TPSA) is 38.0 Å². The molecule has 2 unspecified atom stereocenters. The minimum absolute atomic E-state index is 0.0481. The number of hydrogen-bond donors (Lipinski definition) is 2. The summed E-state index contributed by atoms with van der Waals surface area (Å²) in [5.41, 5.74) is 8.06. The van der Waals surface area contributed by atoms with Gasteiger partial charge in [0, 0.05) is 18.1 Å². The molecule has 112 valence electrons. The maximum Gasteiger partial charge on any atom is 0.0344 e. The zero-order valence-electron chi connectivity index (χ0n) is 13.3. The van der Waals surface area contributed by atoms with Gasteiger partial charge in [0.2, 0.25) is 0 Å². The van der Waals surface area contributed by atoms with E-state index in [0.717, 1.165) is 12.8 Å². The third-order valence-electron chi connectivity index (χ3n) is 4.93. The molecule has 2 heteroatoms. The number of nitrogens with one attached hydrogen (secondary N) is 1. The quantitative estimate of drug-likeness (QED) is 0.833. The van der Waals surface area contributed by atoms with Crippen molar-refractivity contribution < 1.29 is 0 Å². The third-order valence-corrected chi connectivity index (χ3v) is 4.93. The first kappa shape index (κ1) is 15.5. The van der Waals surface area contributed by atoms with Crippen molar-refractivity contribution in [3.8, 4) is 0 Å². The molecular weight excluding hydrogens is 244 g/mol. The summed E-state index contributed by atoms with van der Waals surface area (Å²) in [7, 11) is 0. The summed E-state index contributed by atoms with van der Waals surface area (Å²) in [6.45, 7) is 7.71. The average Bonchev–Trinajstić information content (AvgIpc) is 2.78. The van der Waals surface area contributed by atoms with E-state index < -0.39 is 0 Å². The fourth-order valence-corrected chi connectivity index (χ4v) is 3.53. The summed E-state index contributed by atoms with van der Waals surface area (Å²) >= 11 is 0. The zero-order valence-corrected chi connectivity index (χ0v) is 13.3. The highest BCUT2D eigenvalue weighted by Gasteiger charge is 2.36. The van der Waals surface area contributed by atoms with Gasteiger partial charge < -0.3 is 11.1 Å². The minimum Gasteiger partial charge on any atom is -0.329 e. The van der Waals surface area contributed by atoms with Crippen LogP contribution in [0.5, 0.6) is 0 Å². The molecule has 1 fully saturated rings. The normalized spacial score (nSPS) is 24.5. The number of rotatable bonds is 6. The molecule has 0 heterocycles. The Balaban J connectivity index is 2.06. The van der Waals surface area contributed by atoms with Crippen LogP contribution in [-0.2, 0) is 6.42 Å².